The van der Waals surface area contributed by atoms with Gasteiger partial charge in [-0.05, 0) is 39.2 Å². The van der Waals surface area contributed by atoms with Gasteiger partial charge in [0.15, 0.2) is 5.76 Å². The zero-order valence-corrected chi connectivity index (χ0v) is 15.3. The van der Waals surface area contributed by atoms with Crippen molar-refractivity contribution in [2.24, 2.45) is 0 Å². The first kappa shape index (κ1) is 17.2. The van der Waals surface area contributed by atoms with Crippen molar-refractivity contribution in [2.45, 2.75) is 57.4 Å². The molecule has 0 aliphatic carbocycles. The Labute approximate surface area is 143 Å². The predicted octanol–water partition coefficient (Wildman–Crippen LogP) is 3.91. The lowest BCUT2D eigenvalue weighted by molar-refractivity contribution is 0.327. The van der Waals surface area contributed by atoms with E-state index < -0.39 is 10.0 Å². The van der Waals surface area contributed by atoms with Crippen LogP contribution in [0, 0.1) is 20.8 Å². The van der Waals surface area contributed by atoms with Crippen LogP contribution < -0.4 is 0 Å². The van der Waals surface area contributed by atoms with Gasteiger partial charge in [-0.15, -0.1) is 0 Å². The quantitative estimate of drug-likeness (QED) is 0.844. The predicted molar refractivity (Wildman–Crippen MR) is 92.3 cm³/mol. The highest BCUT2D eigenvalue weighted by Gasteiger charge is 2.36. The number of hydrogen-bond donors (Lipinski definition) is 0. The molecule has 24 heavy (non-hydrogen) atoms. The molecular formula is C18H24N2O3S. The molecule has 3 rings (SSSR count). The summed E-state index contributed by atoms with van der Waals surface area (Å²) in [6, 6.07) is 8.04. The molecule has 1 aliphatic heterocycles. The molecule has 0 spiro atoms. The van der Waals surface area contributed by atoms with Crippen molar-refractivity contribution in [1.82, 2.24) is 9.46 Å². The molecular weight excluding hydrogens is 324 g/mol. The van der Waals surface area contributed by atoms with Crippen LogP contribution in [0.4, 0.5) is 0 Å². The van der Waals surface area contributed by atoms with Gasteiger partial charge in [-0.2, -0.15) is 4.31 Å². The van der Waals surface area contributed by atoms with Gasteiger partial charge in [0.25, 0.3) is 0 Å². The van der Waals surface area contributed by atoms with Crippen molar-refractivity contribution in [3.63, 3.8) is 0 Å². The monoisotopic (exact) mass is 348 g/mol. The molecule has 1 saturated heterocycles. The van der Waals surface area contributed by atoms with E-state index in [-0.39, 0.29) is 10.9 Å². The van der Waals surface area contributed by atoms with Gasteiger partial charge in [-0.25, -0.2) is 8.42 Å². The van der Waals surface area contributed by atoms with E-state index in [0.717, 1.165) is 31.2 Å². The Morgan fingerprint density at radius 3 is 2.42 bits per heavy atom. The summed E-state index contributed by atoms with van der Waals surface area (Å²) in [6.45, 7) is 5.91. The van der Waals surface area contributed by atoms with E-state index >= 15 is 0 Å². The average Bonchev–Trinajstić information content (AvgIpc) is 2.76. The molecule has 1 unspecified atom stereocenters. The van der Waals surface area contributed by atoms with Crippen molar-refractivity contribution in [2.75, 3.05) is 6.54 Å². The molecule has 0 amide bonds. The minimum Gasteiger partial charge on any atom is -0.360 e. The Morgan fingerprint density at radius 2 is 1.79 bits per heavy atom. The summed E-state index contributed by atoms with van der Waals surface area (Å²) in [6.07, 6.45) is 3.80. The maximum absolute atomic E-state index is 13.3. The number of rotatable bonds is 3. The smallest absolute Gasteiger partial charge is 0.249 e. The molecule has 1 aliphatic rings. The molecule has 2 heterocycles. The van der Waals surface area contributed by atoms with E-state index in [4.69, 9.17) is 4.52 Å². The lowest BCUT2D eigenvalue weighted by Crippen LogP contribution is -2.35. The van der Waals surface area contributed by atoms with Crippen LogP contribution in [0.3, 0.4) is 0 Å². The second-order valence-electron chi connectivity index (χ2n) is 6.54. The average molecular weight is 348 g/mol. The Hall–Kier alpha value is -1.66. The van der Waals surface area contributed by atoms with E-state index in [0.29, 0.717) is 18.0 Å². The van der Waals surface area contributed by atoms with Gasteiger partial charge in [-0.1, -0.05) is 47.8 Å². The van der Waals surface area contributed by atoms with Crippen molar-refractivity contribution in [3.05, 3.63) is 46.8 Å². The van der Waals surface area contributed by atoms with Gasteiger partial charge in [-0.3, -0.25) is 0 Å². The van der Waals surface area contributed by atoms with E-state index in [1.54, 1.807) is 18.2 Å². The topological polar surface area (TPSA) is 63.4 Å². The number of hydrogen-bond acceptors (Lipinski definition) is 4. The molecule has 5 nitrogen and oxygen atoms in total. The van der Waals surface area contributed by atoms with E-state index in [9.17, 15) is 8.42 Å². The molecule has 1 fully saturated rings. The Morgan fingerprint density at radius 1 is 1.08 bits per heavy atom. The van der Waals surface area contributed by atoms with E-state index in [1.165, 1.54) is 5.56 Å². The fourth-order valence-corrected chi connectivity index (χ4v) is 5.43. The SMILES string of the molecule is Cc1ccc(C2CCCCCN2S(=O)(=O)c2c(C)noc2C)cc1. The second-order valence-corrected chi connectivity index (χ2v) is 8.37. The third kappa shape index (κ3) is 3.13. The van der Waals surface area contributed by atoms with Gasteiger partial charge in [0.05, 0.1) is 6.04 Å². The Bertz CT molecular complexity index is 790. The van der Waals surface area contributed by atoms with Crippen LogP contribution in [0.5, 0.6) is 0 Å². The third-order valence-corrected chi connectivity index (χ3v) is 6.85. The molecule has 2 aromatic rings. The summed E-state index contributed by atoms with van der Waals surface area (Å²) in [5.41, 5.74) is 2.66. The molecule has 1 aromatic carbocycles. The van der Waals surface area contributed by atoms with Crippen LogP contribution in [-0.4, -0.2) is 24.4 Å². The molecule has 0 saturated carbocycles. The van der Waals surface area contributed by atoms with Crippen molar-refractivity contribution < 1.29 is 12.9 Å². The fraction of sp³-hybridized carbons (Fsp3) is 0.500. The summed E-state index contributed by atoms with van der Waals surface area (Å²) in [4.78, 5) is 0.224. The highest BCUT2D eigenvalue weighted by molar-refractivity contribution is 7.89. The number of nitrogens with zero attached hydrogens (tertiary/aromatic N) is 2. The van der Waals surface area contributed by atoms with E-state index in [1.807, 2.05) is 31.2 Å². The van der Waals surface area contributed by atoms with Crippen molar-refractivity contribution in [3.8, 4) is 0 Å². The largest absolute Gasteiger partial charge is 0.360 e. The van der Waals surface area contributed by atoms with Crippen molar-refractivity contribution in [1.29, 1.82) is 0 Å². The lowest BCUT2D eigenvalue weighted by atomic mass is 10.0. The van der Waals surface area contributed by atoms with Crippen LogP contribution in [-0.2, 0) is 10.0 Å². The number of benzene rings is 1. The Kier molecular flexibility index (Phi) is 4.78. The number of aryl methyl sites for hydroxylation is 3. The van der Waals surface area contributed by atoms with Crippen LogP contribution >= 0.6 is 0 Å². The van der Waals surface area contributed by atoms with Gasteiger partial charge >= 0.3 is 0 Å². The maximum atomic E-state index is 13.3. The molecule has 0 N–H and O–H groups in total. The molecule has 0 radical (unpaired) electrons. The standard InChI is InChI=1S/C18H24N2O3S/c1-13-8-10-16(11-9-13)17-7-5-4-6-12-20(17)24(21,22)18-14(2)19-23-15(18)3/h8-11,17H,4-7,12H2,1-3H3. The summed E-state index contributed by atoms with van der Waals surface area (Å²) in [5, 5.41) is 3.83. The number of sulfonamides is 1. The minimum atomic E-state index is -3.63. The van der Waals surface area contributed by atoms with Crippen LogP contribution in [0.15, 0.2) is 33.7 Å². The van der Waals surface area contributed by atoms with Crippen LogP contribution in [0.25, 0.3) is 0 Å². The highest BCUT2D eigenvalue weighted by Crippen LogP contribution is 2.36. The van der Waals surface area contributed by atoms with Gasteiger partial charge in [0.2, 0.25) is 10.0 Å². The first-order chi connectivity index (χ1) is 11.4. The number of aromatic nitrogens is 1. The van der Waals surface area contributed by atoms with Crippen LogP contribution in [0.2, 0.25) is 0 Å². The molecule has 1 atom stereocenters. The zero-order chi connectivity index (χ0) is 17.3. The fourth-order valence-electron chi connectivity index (χ4n) is 3.45. The lowest BCUT2D eigenvalue weighted by Gasteiger charge is -2.29. The van der Waals surface area contributed by atoms with Crippen molar-refractivity contribution >= 4 is 10.0 Å². The first-order valence-electron chi connectivity index (χ1n) is 8.42. The zero-order valence-electron chi connectivity index (χ0n) is 14.4. The normalized spacial score (nSPS) is 20.0. The molecule has 1 aromatic heterocycles. The second kappa shape index (κ2) is 6.69. The maximum Gasteiger partial charge on any atom is 0.249 e. The van der Waals surface area contributed by atoms with Gasteiger partial charge in [0, 0.05) is 6.54 Å². The molecule has 130 valence electrons. The molecule has 0 bridgehead atoms. The summed E-state index contributed by atoms with van der Waals surface area (Å²) < 4.78 is 33.4. The first-order valence-corrected chi connectivity index (χ1v) is 9.86. The van der Waals surface area contributed by atoms with Gasteiger partial charge < -0.3 is 4.52 Å². The highest BCUT2D eigenvalue weighted by atomic mass is 32.2. The van der Waals surface area contributed by atoms with Crippen LogP contribution in [0.1, 0.15) is 54.3 Å². The molecule has 6 heteroatoms. The summed E-state index contributed by atoms with van der Waals surface area (Å²) in [5.74, 6) is 0.361. The summed E-state index contributed by atoms with van der Waals surface area (Å²) >= 11 is 0. The summed E-state index contributed by atoms with van der Waals surface area (Å²) in [7, 11) is -3.63. The van der Waals surface area contributed by atoms with Gasteiger partial charge in [0.1, 0.15) is 10.6 Å². The minimum absolute atomic E-state index is 0.133. The Balaban J connectivity index is 2.06. The van der Waals surface area contributed by atoms with E-state index in [2.05, 4.69) is 5.16 Å². The third-order valence-electron chi connectivity index (χ3n) is 4.70.